The summed E-state index contributed by atoms with van der Waals surface area (Å²) in [4.78, 5) is 42.8. The molecule has 0 bridgehead atoms. The summed E-state index contributed by atoms with van der Waals surface area (Å²) in [5.74, 6) is 0.530. The van der Waals surface area contributed by atoms with E-state index in [-0.39, 0.29) is 18.2 Å². The average Bonchev–Trinajstić information content (AvgIpc) is 3.27. The van der Waals surface area contributed by atoms with Crippen LogP contribution in [0, 0.1) is 0 Å². The van der Waals surface area contributed by atoms with Crippen LogP contribution in [0.25, 0.3) is 5.57 Å². The van der Waals surface area contributed by atoms with Crippen LogP contribution in [-0.4, -0.2) is 58.0 Å². The van der Waals surface area contributed by atoms with E-state index in [1.165, 1.54) is 0 Å². The van der Waals surface area contributed by atoms with Crippen LogP contribution in [0.3, 0.4) is 0 Å². The zero-order valence-corrected chi connectivity index (χ0v) is 18.0. The van der Waals surface area contributed by atoms with E-state index in [9.17, 15) is 14.4 Å². The Morgan fingerprint density at radius 3 is 2.71 bits per heavy atom. The third-order valence-electron chi connectivity index (χ3n) is 6.22. The maximum Gasteiger partial charge on any atom is 0.254 e. The minimum Gasteiger partial charge on any atom is -0.381 e. The van der Waals surface area contributed by atoms with Gasteiger partial charge in [-0.3, -0.25) is 19.7 Å². The fourth-order valence-corrected chi connectivity index (χ4v) is 4.43. The van der Waals surface area contributed by atoms with Crippen LogP contribution >= 0.6 is 0 Å². The summed E-state index contributed by atoms with van der Waals surface area (Å²) in [5, 5.41) is 2.32. The maximum atomic E-state index is 12.9. The first-order valence-electron chi connectivity index (χ1n) is 10.7. The Morgan fingerprint density at radius 1 is 1.26 bits per heavy atom. The fourth-order valence-electron chi connectivity index (χ4n) is 4.43. The van der Waals surface area contributed by atoms with Gasteiger partial charge in [-0.1, -0.05) is 12.7 Å². The Bertz CT molecular complexity index is 997. The second-order valence-electron chi connectivity index (χ2n) is 8.43. The number of carbonyl (C=O) groups is 3. The van der Waals surface area contributed by atoms with Gasteiger partial charge in [0.2, 0.25) is 11.8 Å². The van der Waals surface area contributed by atoms with Crippen molar-refractivity contribution in [1.82, 2.24) is 19.8 Å². The number of aryl methyl sites for hydroxylation is 1. The summed E-state index contributed by atoms with van der Waals surface area (Å²) < 4.78 is 7.49. The lowest BCUT2D eigenvalue weighted by atomic mass is 9.99. The lowest BCUT2D eigenvalue weighted by Crippen LogP contribution is -2.53. The Kier molecular flexibility index (Phi) is 5.91. The number of ether oxygens (including phenoxy) is 1. The molecule has 4 rings (SSSR count). The first kappa shape index (κ1) is 21.2. The fraction of sp³-hybridized carbons (Fsp3) is 0.478. The van der Waals surface area contributed by atoms with Crippen molar-refractivity contribution in [3.05, 3.63) is 47.6 Å². The highest BCUT2D eigenvalue weighted by molar-refractivity contribution is 6.06. The number of amides is 3. The van der Waals surface area contributed by atoms with Gasteiger partial charge < -0.3 is 14.2 Å². The summed E-state index contributed by atoms with van der Waals surface area (Å²) in [6.07, 6.45) is 8.06. The normalized spacial score (nSPS) is 23.2. The van der Waals surface area contributed by atoms with Crippen LogP contribution in [0.2, 0.25) is 0 Å². The summed E-state index contributed by atoms with van der Waals surface area (Å²) >= 11 is 0. The SMILES string of the molecule is C=C(/C=C\C1=C(C)CN(C2CCC(=O)NC2=O)C1=O)c1cn(C)c(C2CCOCC2)n1. The van der Waals surface area contributed by atoms with Crippen molar-refractivity contribution in [3.8, 4) is 0 Å². The van der Waals surface area contributed by atoms with Gasteiger partial charge in [-0.25, -0.2) is 4.98 Å². The number of carbonyl (C=O) groups excluding carboxylic acids is 3. The minimum atomic E-state index is -0.605. The monoisotopic (exact) mass is 424 g/mol. The molecule has 1 atom stereocenters. The summed E-state index contributed by atoms with van der Waals surface area (Å²) in [7, 11) is 1.99. The molecule has 3 aliphatic rings. The van der Waals surface area contributed by atoms with Crippen LogP contribution in [0.1, 0.15) is 50.0 Å². The van der Waals surface area contributed by atoms with E-state index >= 15 is 0 Å². The van der Waals surface area contributed by atoms with Crippen LogP contribution in [-0.2, 0) is 26.2 Å². The molecular weight excluding hydrogens is 396 g/mol. The van der Waals surface area contributed by atoms with Crippen molar-refractivity contribution in [2.75, 3.05) is 19.8 Å². The van der Waals surface area contributed by atoms with Crippen LogP contribution in [0.15, 0.2) is 36.1 Å². The molecule has 3 aliphatic heterocycles. The number of hydrogen-bond acceptors (Lipinski definition) is 5. The van der Waals surface area contributed by atoms with Gasteiger partial charge in [0.05, 0.1) is 5.69 Å². The third kappa shape index (κ3) is 4.25. The molecule has 0 aromatic carbocycles. The van der Waals surface area contributed by atoms with Gasteiger partial charge in [0.15, 0.2) is 0 Å². The molecule has 0 aliphatic carbocycles. The molecule has 164 valence electrons. The second kappa shape index (κ2) is 8.63. The van der Waals surface area contributed by atoms with E-state index in [2.05, 4.69) is 11.9 Å². The Balaban J connectivity index is 1.45. The molecule has 8 nitrogen and oxygen atoms in total. The molecule has 3 amide bonds. The quantitative estimate of drug-likeness (QED) is 0.575. The van der Waals surface area contributed by atoms with Crippen molar-refractivity contribution >= 4 is 23.3 Å². The summed E-state index contributed by atoms with van der Waals surface area (Å²) in [5.41, 5.74) is 2.96. The number of nitrogens with zero attached hydrogens (tertiary/aromatic N) is 3. The molecule has 31 heavy (non-hydrogen) atoms. The van der Waals surface area contributed by atoms with E-state index in [0.29, 0.717) is 24.5 Å². The highest BCUT2D eigenvalue weighted by atomic mass is 16.5. The first-order chi connectivity index (χ1) is 14.8. The Labute approximate surface area is 181 Å². The largest absolute Gasteiger partial charge is 0.381 e. The molecule has 0 saturated carbocycles. The maximum absolute atomic E-state index is 12.9. The standard InChI is InChI=1S/C23H28N4O4/c1-14(18-13-26(3)21(24-18)16-8-10-31-11-9-16)4-5-17-15(2)12-27(23(17)30)19-6-7-20(28)25-22(19)29/h4-5,13,16,19H,1,6-12H2,2-3H3,(H,25,28,29)/b5-4-. The number of imidazole rings is 1. The molecule has 1 unspecified atom stereocenters. The van der Waals surface area contributed by atoms with Crippen LogP contribution < -0.4 is 5.32 Å². The van der Waals surface area contributed by atoms with E-state index in [1.807, 2.05) is 24.7 Å². The topological polar surface area (TPSA) is 93.5 Å². The predicted octanol–water partition coefficient (Wildman–Crippen LogP) is 1.85. The number of imide groups is 1. The molecule has 8 heteroatoms. The molecule has 1 aromatic rings. The highest BCUT2D eigenvalue weighted by Gasteiger charge is 2.38. The van der Waals surface area contributed by atoms with Crippen molar-refractivity contribution in [2.24, 2.45) is 7.05 Å². The number of allylic oxidation sites excluding steroid dienone is 2. The van der Waals surface area contributed by atoms with Crippen LogP contribution in [0.4, 0.5) is 0 Å². The average molecular weight is 425 g/mol. The molecular formula is C23H28N4O4. The molecule has 0 spiro atoms. The number of hydrogen-bond donors (Lipinski definition) is 1. The van der Waals surface area contributed by atoms with Gasteiger partial charge in [-0.2, -0.15) is 0 Å². The van der Waals surface area contributed by atoms with Crippen molar-refractivity contribution in [1.29, 1.82) is 0 Å². The number of aromatic nitrogens is 2. The van der Waals surface area contributed by atoms with Gasteiger partial charge in [-0.05, 0) is 43.4 Å². The van der Waals surface area contributed by atoms with Gasteiger partial charge in [0, 0.05) is 50.9 Å². The predicted molar refractivity (Wildman–Crippen MR) is 115 cm³/mol. The molecule has 0 radical (unpaired) electrons. The lowest BCUT2D eigenvalue weighted by Gasteiger charge is -2.29. The lowest BCUT2D eigenvalue weighted by molar-refractivity contribution is -0.142. The Hall–Kier alpha value is -3.00. The Morgan fingerprint density at radius 2 is 2.00 bits per heavy atom. The second-order valence-corrected chi connectivity index (χ2v) is 8.43. The van der Waals surface area contributed by atoms with Gasteiger partial charge in [-0.15, -0.1) is 0 Å². The van der Waals surface area contributed by atoms with Gasteiger partial charge >= 0.3 is 0 Å². The molecule has 2 fully saturated rings. The molecule has 1 aromatic heterocycles. The van der Waals surface area contributed by atoms with Crippen molar-refractivity contribution < 1.29 is 19.1 Å². The van der Waals surface area contributed by atoms with E-state index in [0.717, 1.165) is 48.7 Å². The zero-order chi connectivity index (χ0) is 22.1. The highest BCUT2D eigenvalue weighted by Crippen LogP contribution is 2.29. The van der Waals surface area contributed by atoms with Crippen LogP contribution in [0.5, 0.6) is 0 Å². The zero-order valence-electron chi connectivity index (χ0n) is 18.0. The van der Waals surface area contributed by atoms with Gasteiger partial charge in [0.25, 0.3) is 5.91 Å². The number of rotatable bonds is 5. The van der Waals surface area contributed by atoms with E-state index < -0.39 is 11.9 Å². The molecule has 2 saturated heterocycles. The van der Waals surface area contributed by atoms with Crippen molar-refractivity contribution in [2.45, 2.75) is 44.6 Å². The van der Waals surface area contributed by atoms with Crippen molar-refractivity contribution in [3.63, 3.8) is 0 Å². The first-order valence-corrected chi connectivity index (χ1v) is 10.7. The van der Waals surface area contributed by atoms with Gasteiger partial charge in [0.1, 0.15) is 11.9 Å². The number of piperidine rings is 1. The summed E-state index contributed by atoms with van der Waals surface area (Å²) in [6.45, 7) is 7.91. The third-order valence-corrected chi connectivity index (χ3v) is 6.22. The smallest absolute Gasteiger partial charge is 0.254 e. The minimum absolute atomic E-state index is 0.194. The van der Waals surface area contributed by atoms with E-state index in [1.54, 1.807) is 17.1 Å². The number of nitrogens with one attached hydrogen (secondary N) is 1. The van der Waals surface area contributed by atoms with E-state index in [4.69, 9.17) is 9.72 Å². The summed E-state index contributed by atoms with van der Waals surface area (Å²) in [6, 6.07) is -0.605. The molecule has 1 N–H and O–H groups in total. The molecule has 4 heterocycles.